The molecule has 0 unspecified atom stereocenters. The van der Waals surface area contributed by atoms with Crippen molar-refractivity contribution in [2.24, 2.45) is 0 Å². The lowest BCUT2D eigenvalue weighted by molar-refractivity contribution is 0.172. The van der Waals surface area contributed by atoms with Gasteiger partial charge in [-0.15, -0.1) is 0 Å². The van der Waals surface area contributed by atoms with Crippen LogP contribution in [0.25, 0.3) is 0 Å². The molecule has 1 aliphatic carbocycles. The van der Waals surface area contributed by atoms with Gasteiger partial charge < -0.3 is 16.2 Å². The molecule has 0 bridgehead atoms. The van der Waals surface area contributed by atoms with Gasteiger partial charge >= 0.3 is 0 Å². The third-order valence-electron chi connectivity index (χ3n) is 3.54. The fourth-order valence-corrected chi connectivity index (χ4v) is 2.45. The number of nitrogens with one attached hydrogen (secondary N) is 1. The van der Waals surface area contributed by atoms with E-state index in [4.69, 9.17) is 11.0 Å². The lowest BCUT2D eigenvalue weighted by Gasteiger charge is -2.37. The Hall–Kier alpha value is -1.80. The van der Waals surface area contributed by atoms with Crippen molar-refractivity contribution in [3.05, 3.63) is 17.8 Å². The van der Waals surface area contributed by atoms with Gasteiger partial charge in [-0.05, 0) is 18.9 Å². The molecule has 18 heavy (non-hydrogen) atoms. The molecule has 1 fully saturated rings. The van der Waals surface area contributed by atoms with Gasteiger partial charge in [0.1, 0.15) is 11.9 Å². The van der Waals surface area contributed by atoms with E-state index in [0.29, 0.717) is 17.1 Å². The quantitative estimate of drug-likeness (QED) is 0.753. The number of aliphatic hydroxyl groups excluding tert-OH is 1. The predicted octanol–water partition coefficient (Wildman–Crippen LogP) is 1.64. The van der Waals surface area contributed by atoms with Gasteiger partial charge in [0.05, 0.1) is 23.4 Å². The van der Waals surface area contributed by atoms with E-state index in [0.717, 1.165) is 25.7 Å². The summed E-state index contributed by atoms with van der Waals surface area (Å²) in [7, 11) is 0. The molecule has 0 aliphatic heterocycles. The van der Waals surface area contributed by atoms with Crippen molar-refractivity contribution < 1.29 is 5.11 Å². The van der Waals surface area contributed by atoms with Crippen LogP contribution in [0.5, 0.6) is 0 Å². The number of nitrogen functional groups attached to an aromatic ring is 1. The number of pyridine rings is 1. The summed E-state index contributed by atoms with van der Waals surface area (Å²) in [4.78, 5) is 4.17. The molecule has 0 spiro atoms. The summed E-state index contributed by atoms with van der Waals surface area (Å²) in [6.45, 7) is 0.0775. The minimum atomic E-state index is -0.312. The summed E-state index contributed by atoms with van der Waals surface area (Å²) in [5, 5.41) is 21.6. The summed E-state index contributed by atoms with van der Waals surface area (Å²) in [5.41, 5.74) is 6.45. The van der Waals surface area contributed by atoms with E-state index in [1.807, 2.05) is 6.07 Å². The molecule has 1 aromatic rings. The average Bonchev–Trinajstić information content (AvgIpc) is 2.42. The molecule has 5 nitrogen and oxygen atoms in total. The van der Waals surface area contributed by atoms with Crippen LogP contribution in [-0.4, -0.2) is 22.2 Å². The number of anilines is 2. The molecule has 4 N–H and O–H groups in total. The maximum Gasteiger partial charge on any atom is 0.149 e. The smallest absolute Gasteiger partial charge is 0.149 e. The Bertz CT molecular complexity index is 461. The predicted molar refractivity (Wildman–Crippen MR) is 69.9 cm³/mol. The highest BCUT2D eigenvalue weighted by Gasteiger charge is 2.31. The van der Waals surface area contributed by atoms with Crippen molar-refractivity contribution in [2.45, 2.75) is 37.6 Å². The van der Waals surface area contributed by atoms with Gasteiger partial charge in [0.15, 0.2) is 0 Å². The molecule has 96 valence electrons. The Kier molecular flexibility index (Phi) is 3.68. The maximum absolute atomic E-state index is 9.61. The summed E-state index contributed by atoms with van der Waals surface area (Å²) < 4.78 is 0. The molecule has 1 saturated carbocycles. The van der Waals surface area contributed by atoms with Gasteiger partial charge in [0, 0.05) is 6.20 Å². The summed E-state index contributed by atoms with van der Waals surface area (Å²) in [6.07, 6.45) is 6.75. The molecule has 0 aromatic carbocycles. The zero-order chi connectivity index (χ0) is 13.0. The minimum absolute atomic E-state index is 0.0775. The molecule has 0 atom stereocenters. The second-order valence-corrected chi connectivity index (χ2v) is 4.90. The highest BCUT2D eigenvalue weighted by Crippen LogP contribution is 2.32. The van der Waals surface area contributed by atoms with Crippen LogP contribution in [-0.2, 0) is 0 Å². The number of hydrogen-bond donors (Lipinski definition) is 3. The number of hydrogen-bond acceptors (Lipinski definition) is 5. The highest BCUT2D eigenvalue weighted by molar-refractivity contribution is 5.64. The first-order valence-electron chi connectivity index (χ1n) is 6.24. The second kappa shape index (κ2) is 5.23. The Morgan fingerprint density at radius 1 is 1.44 bits per heavy atom. The van der Waals surface area contributed by atoms with Crippen LogP contribution in [0.3, 0.4) is 0 Å². The fraction of sp³-hybridized carbons (Fsp3) is 0.538. The average molecular weight is 246 g/mol. The van der Waals surface area contributed by atoms with Crippen LogP contribution in [0, 0.1) is 11.3 Å². The lowest BCUT2D eigenvalue weighted by Crippen LogP contribution is -2.44. The maximum atomic E-state index is 9.61. The molecule has 0 radical (unpaired) electrons. The van der Waals surface area contributed by atoms with E-state index in [1.165, 1.54) is 12.6 Å². The van der Waals surface area contributed by atoms with Crippen molar-refractivity contribution in [1.82, 2.24) is 4.98 Å². The number of nitrogens with two attached hydrogens (primary N) is 1. The molecule has 2 rings (SSSR count). The van der Waals surface area contributed by atoms with E-state index < -0.39 is 0 Å². The Morgan fingerprint density at radius 3 is 2.72 bits per heavy atom. The first-order chi connectivity index (χ1) is 8.69. The van der Waals surface area contributed by atoms with Crippen LogP contribution in [0.15, 0.2) is 12.3 Å². The van der Waals surface area contributed by atoms with Crippen LogP contribution >= 0.6 is 0 Å². The van der Waals surface area contributed by atoms with Gasteiger partial charge in [-0.2, -0.15) is 5.26 Å². The minimum Gasteiger partial charge on any atom is -0.396 e. The van der Waals surface area contributed by atoms with Crippen LogP contribution in [0.2, 0.25) is 0 Å². The summed E-state index contributed by atoms with van der Waals surface area (Å²) >= 11 is 0. The van der Waals surface area contributed by atoms with E-state index in [-0.39, 0.29) is 12.1 Å². The topological polar surface area (TPSA) is 95.0 Å². The molecular weight excluding hydrogens is 228 g/mol. The molecule has 1 aromatic heterocycles. The zero-order valence-corrected chi connectivity index (χ0v) is 10.3. The number of nitriles is 1. The Balaban J connectivity index is 2.19. The normalized spacial score (nSPS) is 18.0. The van der Waals surface area contributed by atoms with Crippen LogP contribution < -0.4 is 11.1 Å². The molecular formula is C13H18N4O. The summed E-state index contributed by atoms with van der Waals surface area (Å²) in [6, 6.07) is 3.60. The van der Waals surface area contributed by atoms with Crippen molar-refractivity contribution in [3.8, 4) is 6.07 Å². The monoisotopic (exact) mass is 246 g/mol. The van der Waals surface area contributed by atoms with E-state index in [1.54, 1.807) is 6.07 Å². The third-order valence-corrected chi connectivity index (χ3v) is 3.54. The first-order valence-corrected chi connectivity index (χ1v) is 6.24. The van der Waals surface area contributed by atoms with Gasteiger partial charge in [-0.1, -0.05) is 19.3 Å². The van der Waals surface area contributed by atoms with Crippen molar-refractivity contribution in [2.75, 3.05) is 17.7 Å². The SMILES string of the molecule is N#Cc1cnc(NC2(CO)CCCCC2)c(N)c1. The van der Waals surface area contributed by atoms with Gasteiger partial charge in [-0.25, -0.2) is 4.98 Å². The second-order valence-electron chi connectivity index (χ2n) is 4.90. The standard InChI is InChI=1S/C13H18N4O/c14-7-10-6-11(15)12(16-8-10)17-13(9-18)4-2-1-3-5-13/h6,8,18H,1-5,9,15H2,(H,16,17). The van der Waals surface area contributed by atoms with Crippen LogP contribution in [0.1, 0.15) is 37.7 Å². The first kappa shape index (κ1) is 12.7. The number of aliphatic hydroxyl groups is 1. The van der Waals surface area contributed by atoms with Crippen molar-refractivity contribution in [1.29, 1.82) is 5.26 Å². The van der Waals surface area contributed by atoms with E-state index in [9.17, 15) is 5.11 Å². The van der Waals surface area contributed by atoms with Gasteiger partial charge in [0.2, 0.25) is 0 Å². The summed E-state index contributed by atoms with van der Waals surface area (Å²) in [5.74, 6) is 0.560. The zero-order valence-electron chi connectivity index (χ0n) is 10.3. The van der Waals surface area contributed by atoms with Crippen molar-refractivity contribution >= 4 is 11.5 Å². The molecule has 0 saturated heterocycles. The molecule has 5 heteroatoms. The Morgan fingerprint density at radius 2 is 2.17 bits per heavy atom. The van der Waals surface area contributed by atoms with Crippen LogP contribution in [0.4, 0.5) is 11.5 Å². The number of nitrogens with zero attached hydrogens (tertiary/aromatic N) is 2. The van der Waals surface area contributed by atoms with E-state index >= 15 is 0 Å². The highest BCUT2D eigenvalue weighted by atomic mass is 16.3. The fourth-order valence-electron chi connectivity index (χ4n) is 2.45. The van der Waals surface area contributed by atoms with Gasteiger partial charge in [-0.3, -0.25) is 0 Å². The number of rotatable bonds is 3. The van der Waals surface area contributed by atoms with Crippen molar-refractivity contribution in [3.63, 3.8) is 0 Å². The van der Waals surface area contributed by atoms with E-state index in [2.05, 4.69) is 10.3 Å². The Labute approximate surface area is 107 Å². The molecule has 0 amide bonds. The third kappa shape index (κ3) is 2.54. The van der Waals surface area contributed by atoms with Gasteiger partial charge in [0.25, 0.3) is 0 Å². The molecule has 1 aliphatic rings. The lowest BCUT2D eigenvalue weighted by atomic mass is 9.82. The number of aromatic nitrogens is 1. The largest absolute Gasteiger partial charge is 0.396 e. The molecule has 1 heterocycles.